The van der Waals surface area contributed by atoms with Gasteiger partial charge >= 0.3 is 0 Å². The van der Waals surface area contributed by atoms with E-state index in [0.29, 0.717) is 28.3 Å². The lowest BCUT2D eigenvalue weighted by atomic mass is 10.0. The number of fused-ring (bicyclic) bond motifs is 1. The maximum Gasteiger partial charge on any atom is 0.190 e. The SMILES string of the molecule is COc1c(F)cc(-c2cc(OC(C)C3CCNC3)c3cccnc3c2)cc1F. The molecule has 1 N–H and O–H groups in total. The number of methoxy groups -OCH3 is 1. The monoisotopic (exact) mass is 384 g/mol. The van der Waals surface area contributed by atoms with E-state index in [1.165, 1.54) is 19.2 Å². The Morgan fingerprint density at radius 3 is 2.57 bits per heavy atom. The lowest BCUT2D eigenvalue weighted by Gasteiger charge is -2.22. The first-order valence-corrected chi connectivity index (χ1v) is 9.36. The van der Waals surface area contributed by atoms with E-state index in [4.69, 9.17) is 9.47 Å². The molecule has 28 heavy (non-hydrogen) atoms. The Bertz CT molecular complexity index is 980. The van der Waals surface area contributed by atoms with E-state index >= 15 is 0 Å². The summed E-state index contributed by atoms with van der Waals surface area (Å²) in [4.78, 5) is 4.41. The zero-order valence-corrected chi connectivity index (χ0v) is 15.8. The largest absolute Gasteiger partial charge is 0.491 e. The van der Waals surface area contributed by atoms with E-state index < -0.39 is 11.6 Å². The van der Waals surface area contributed by atoms with Crippen molar-refractivity contribution in [3.8, 4) is 22.6 Å². The average Bonchev–Trinajstić information content (AvgIpc) is 3.22. The molecule has 2 aromatic carbocycles. The van der Waals surface area contributed by atoms with Crippen molar-refractivity contribution in [1.29, 1.82) is 0 Å². The highest BCUT2D eigenvalue weighted by Gasteiger charge is 2.23. The Labute approximate surface area is 162 Å². The van der Waals surface area contributed by atoms with Crippen LogP contribution in [0.5, 0.6) is 11.5 Å². The van der Waals surface area contributed by atoms with E-state index in [1.807, 2.05) is 24.3 Å². The van der Waals surface area contributed by atoms with Crippen LogP contribution in [0.4, 0.5) is 8.78 Å². The van der Waals surface area contributed by atoms with E-state index in [0.717, 1.165) is 24.9 Å². The number of hydrogen-bond donors (Lipinski definition) is 1. The average molecular weight is 384 g/mol. The molecule has 0 bridgehead atoms. The Morgan fingerprint density at radius 1 is 1.14 bits per heavy atom. The lowest BCUT2D eigenvalue weighted by Crippen LogP contribution is -2.25. The number of benzene rings is 2. The quantitative estimate of drug-likeness (QED) is 0.700. The standard InChI is InChI=1S/C22H22F2N2O2/c1-13(14-5-7-25-12-14)28-21-11-16(10-20-17(21)4-3-6-26-20)15-8-18(23)22(27-2)19(24)9-15/h3-4,6,8-11,13-14,25H,5,7,12H2,1-2H3. The van der Waals surface area contributed by atoms with Crippen molar-refractivity contribution in [2.24, 2.45) is 5.92 Å². The molecule has 2 unspecified atom stereocenters. The van der Waals surface area contributed by atoms with Crippen LogP contribution in [0.1, 0.15) is 13.3 Å². The second-order valence-electron chi connectivity index (χ2n) is 7.09. The van der Waals surface area contributed by atoms with Gasteiger partial charge in [-0.2, -0.15) is 0 Å². The van der Waals surface area contributed by atoms with E-state index in [1.54, 1.807) is 6.20 Å². The molecular formula is C22H22F2N2O2. The number of aromatic nitrogens is 1. The third-order valence-corrected chi connectivity index (χ3v) is 5.29. The smallest absolute Gasteiger partial charge is 0.190 e. The molecular weight excluding hydrogens is 362 g/mol. The molecule has 1 aromatic heterocycles. The van der Waals surface area contributed by atoms with Crippen LogP contribution in [0.15, 0.2) is 42.6 Å². The second kappa shape index (κ2) is 7.72. The highest BCUT2D eigenvalue weighted by molar-refractivity contribution is 5.90. The molecule has 1 fully saturated rings. The molecule has 0 saturated carbocycles. The first-order valence-electron chi connectivity index (χ1n) is 9.36. The van der Waals surface area contributed by atoms with Crippen molar-refractivity contribution in [3.05, 3.63) is 54.2 Å². The molecule has 0 amide bonds. The summed E-state index contributed by atoms with van der Waals surface area (Å²) in [6, 6.07) is 9.95. The van der Waals surface area contributed by atoms with Crippen molar-refractivity contribution < 1.29 is 18.3 Å². The Kier molecular flexibility index (Phi) is 5.13. The fraction of sp³-hybridized carbons (Fsp3) is 0.318. The zero-order chi connectivity index (χ0) is 19.7. The van der Waals surface area contributed by atoms with Crippen LogP contribution >= 0.6 is 0 Å². The molecule has 0 radical (unpaired) electrons. The molecule has 2 heterocycles. The summed E-state index contributed by atoms with van der Waals surface area (Å²) < 4.78 is 39.5. The van der Waals surface area contributed by atoms with Gasteiger partial charge < -0.3 is 14.8 Å². The maximum atomic E-state index is 14.2. The molecule has 0 aliphatic carbocycles. The van der Waals surface area contributed by atoms with Crippen LogP contribution in [0.2, 0.25) is 0 Å². The second-order valence-corrected chi connectivity index (χ2v) is 7.09. The van der Waals surface area contributed by atoms with Gasteiger partial charge in [-0.25, -0.2) is 8.78 Å². The summed E-state index contributed by atoms with van der Waals surface area (Å²) in [5, 5.41) is 4.22. The van der Waals surface area contributed by atoms with Gasteiger partial charge in [-0.15, -0.1) is 0 Å². The van der Waals surface area contributed by atoms with Gasteiger partial charge in [0.15, 0.2) is 17.4 Å². The van der Waals surface area contributed by atoms with E-state index in [9.17, 15) is 8.78 Å². The molecule has 0 spiro atoms. The Morgan fingerprint density at radius 2 is 1.89 bits per heavy atom. The fourth-order valence-electron chi connectivity index (χ4n) is 3.71. The molecule has 4 rings (SSSR count). The third kappa shape index (κ3) is 3.52. The van der Waals surface area contributed by atoms with Crippen LogP contribution in [0, 0.1) is 17.6 Å². The molecule has 1 saturated heterocycles. The first-order chi connectivity index (χ1) is 13.6. The van der Waals surface area contributed by atoms with Gasteiger partial charge in [-0.05, 0) is 67.4 Å². The molecule has 1 aliphatic rings. The minimum absolute atomic E-state index is 0.0120. The topological polar surface area (TPSA) is 43.4 Å². The Balaban J connectivity index is 1.78. The van der Waals surface area contributed by atoms with Crippen LogP contribution in [-0.2, 0) is 0 Å². The van der Waals surface area contributed by atoms with Gasteiger partial charge in [0.1, 0.15) is 5.75 Å². The summed E-state index contributed by atoms with van der Waals surface area (Å²) in [5.74, 6) is -0.789. The highest BCUT2D eigenvalue weighted by Crippen LogP contribution is 2.35. The zero-order valence-electron chi connectivity index (χ0n) is 15.8. The van der Waals surface area contributed by atoms with Crippen molar-refractivity contribution in [3.63, 3.8) is 0 Å². The number of halogens is 2. The Hall–Kier alpha value is -2.73. The number of pyridine rings is 1. The van der Waals surface area contributed by atoms with Crippen molar-refractivity contribution in [2.75, 3.05) is 20.2 Å². The minimum atomic E-state index is -0.744. The van der Waals surface area contributed by atoms with Crippen LogP contribution in [0.25, 0.3) is 22.0 Å². The van der Waals surface area contributed by atoms with Crippen molar-refractivity contribution in [2.45, 2.75) is 19.4 Å². The van der Waals surface area contributed by atoms with Crippen molar-refractivity contribution >= 4 is 10.9 Å². The van der Waals surface area contributed by atoms with Crippen LogP contribution < -0.4 is 14.8 Å². The summed E-state index contributed by atoms with van der Waals surface area (Å²) in [6.45, 7) is 3.97. The maximum absolute atomic E-state index is 14.2. The number of hydrogen-bond acceptors (Lipinski definition) is 4. The number of ether oxygens (including phenoxy) is 2. The molecule has 3 aromatic rings. The molecule has 2 atom stereocenters. The van der Waals surface area contributed by atoms with Gasteiger partial charge in [0.05, 0.1) is 18.7 Å². The normalized spacial score (nSPS) is 17.6. The number of nitrogens with zero attached hydrogens (tertiary/aromatic N) is 1. The number of rotatable bonds is 5. The van der Waals surface area contributed by atoms with Crippen LogP contribution in [0.3, 0.4) is 0 Å². The fourth-order valence-corrected chi connectivity index (χ4v) is 3.71. The van der Waals surface area contributed by atoms with E-state index in [-0.39, 0.29) is 11.9 Å². The number of nitrogens with one attached hydrogen (secondary N) is 1. The van der Waals surface area contributed by atoms with Crippen molar-refractivity contribution in [1.82, 2.24) is 10.3 Å². The summed E-state index contributed by atoms with van der Waals surface area (Å²) in [6.07, 6.45) is 2.76. The first kappa shape index (κ1) is 18.6. The molecule has 4 nitrogen and oxygen atoms in total. The van der Waals surface area contributed by atoms with E-state index in [2.05, 4.69) is 17.2 Å². The summed E-state index contributed by atoms with van der Waals surface area (Å²) in [7, 11) is 1.24. The van der Waals surface area contributed by atoms with Gasteiger partial charge in [0.2, 0.25) is 0 Å². The van der Waals surface area contributed by atoms with Gasteiger partial charge in [0, 0.05) is 24.0 Å². The van der Waals surface area contributed by atoms with Gasteiger partial charge in [0.25, 0.3) is 0 Å². The predicted octanol–water partition coefficient (Wildman–Crippen LogP) is 4.57. The highest BCUT2D eigenvalue weighted by atomic mass is 19.1. The molecule has 6 heteroatoms. The molecule has 1 aliphatic heterocycles. The molecule has 146 valence electrons. The van der Waals surface area contributed by atoms with Crippen LogP contribution in [-0.4, -0.2) is 31.3 Å². The van der Waals surface area contributed by atoms with Gasteiger partial charge in [-0.1, -0.05) is 0 Å². The van der Waals surface area contributed by atoms with Gasteiger partial charge in [-0.3, -0.25) is 4.98 Å². The third-order valence-electron chi connectivity index (χ3n) is 5.29. The predicted molar refractivity (Wildman–Crippen MR) is 105 cm³/mol. The summed E-state index contributed by atoms with van der Waals surface area (Å²) in [5.41, 5.74) is 1.75. The summed E-state index contributed by atoms with van der Waals surface area (Å²) >= 11 is 0. The minimum Gasteiger partial charge on any atom is -0.491 e. The lowest BCUT2D eigenvalue weighted by molar-refractivity contribution is 0.163.